The van der Waals surface area contributed by atoms with Crippen molar-refractivity contribution >= 4 is 40.0 Å². The second kappa shape index (κ2) is 6.69. The molecule has 2 aromatic carbocycles. The van der Waals surface area contributed by atoms with Gasteiger partial charge in [0.1, 0.15) is 5.82 Å². The van der Waals surface area contributed by atoms with E-state index in [9.17, 15) is 14.0 Å². The molecular weight excluding hydrogens is 363 g/mol. The second-order valence-electron chi connectivity index (χ2n) is 6.36. The first-order valence-electron chi connectivity index (χ1n) is 8.52. The lowest BCUT2D eigenvalue weighted by atomic mass is 10.1. The summed E-state index contributed by atoms with van der Waals surface area (Å²) in [6.07, 6.45) is 0. The van der Waals surface area contributed by atoms with E-state index in [-0.39, 0.29) is 18.5 Å². The van der Waals surface area contributed by atoms with Crippen molar-refractivity contribution in [3.05, 3.63) is 59.6 Å². The Hall–Kier alpha value is -3.88. The quantitative estimate of drug-likeness (QED) is 0.559. The summed E-state index contributed by atoms with van der Waals surface area (Å²) in [6.45, 7) is 1.76. The van der Waals surface area contributed by atoms with Crippen molar-refractivity contribution in [3.8, 4) is 0 Å². The fourth-order valence-corrected chi connectivity index (χ4v) is 3.12. The highest BCUT2D eigenvalue weighted by molar-refractivity contribution is 6.09. The standard InChI is InChI=1S/C19H17FN6O2/c1-10-15(9-22-19(28)26(10)13-5-2-11(20)3-6-13)18(27)23-12-4-7-16-14(8-12)17(21)25-24-16/h2-8H,9H2,1H3,(H,22,28)(H,23,27)(H3,21,24,25). The first-order chi connectivity index (χ1) is 13.4. The molecule has 0 spiro atoms. The van der Waals surface area contributed by atoms with Crippen LogP contribution in [0.25, 0.3) is 10.9 Å². The topological polar surface area (TPSA) is 116 Å². The molecule has 0 fully saturated rings. The molecule has 3 amide bonds. The van der Waals surface area contributed by atoms with E-state index in [2.05, 4.69) is 20.8 Å². The first-order valence-corrected chi connectivity index (χ1v) is 8.52. The number of rotatable bonds is 3. The predicted octanol–water partition coefficient (Wildman–Crippen LogP) is 2.73. The minimum Gasteiger partial charge on any atom is -0.382 e. The van der Waals surface area contributed by atoms with Crippen LogP contribution in [0.2, 0.25) is 0 Å². The minimum atomic E-state index is -0.408. The third-order valence-corrected chi connectivity index (χ3v) is 4.60. The SMILES string of the molecule is CC1=C(C(=O)Nc2ccc3[nH]nc(N)c3c2)CNC(=O)N1c1ccc(F)cc1. The summed E-state index contributed by atoms with van der Waals surface area (Å²) in [4.78, 5) is 26.5. The molecule has 2 heterocycles. The van der Waals surface area contributed by atoms with Gasteiger partial charge < -0.3 is 16.4 Å². The molecule has 1 aliphatic rings. The van der Waals surface area contributed by atoms with Gasteiger partial charge in [-0.05, 0) is 49.4 Å². The van der Waals surface area contributed by atoms with E-state index in [1.165, 1.54) is 29.2 Å². The number of nitrogens with two attached hydrogens (primary N) is 1. The number of aromatic nitrogens is 2. The maximum Gasteiger partial charge on any atom is 0.326 e. The normalized spacial score (nSPS) is 14.4. The summed E-state index contributed by atoms with van der Waals surface area (Å²) >= 11 is 0. The van der Waals surface area contributed by atoms with Crippen molar-refractivity contribution in [1.29, 1.82) is 0 Å². The zero-order chi connectivity index (χ0) is 19.8. The highest BCUT2D eigenvalue weighted by atomic mass is 19.1. The Bertz CT molecular complexity index is 1120. The number of hydrogen-bond acceptors (Lipinski definition) is 4. The molecule has 0 saturated carbocycles. The third-order valence-electron chi connectivity index (χ3n) is 4.60. The fourth-order valence-electron chi connectivity index (χ4n) is 3.12. The molecule has 0 aliphatic carbocycles. The number of halogens is 1. The van der Waals surface area contributed by atoms with E-state index in [1.54, 1.807) is 25.1 Å². The van der Waals surface area contributed by atoms with Crippen LogP contribution in [-0.2, 0) is 4.79 Å². The smallest absolute Gasteiger partial charge is 0.326 e. The van der Waals surface area contributed by atoms with Gasteiger partial charge in [-0.25, -0.2) is 9.18 Å². The number of aromatic amines is 1. The zero-order valence-electron chi connectivity index (χ0n) is 14.9. The fraction of sp³-hybridized carbons (Fsp3) is 0.105. The average Bonchev–Trinajstić information content (AvgIpc) is 3.04. The molecule has 0 atom stereocenters. The number of hydrogen-bond donors (Lipinski definition) is 4. The molecule has 142 valence electrons. The lowest BCUT2D eigenvalue weighted by Gasteiger charge is -2.30. The van der Waals surface area contributed by atoms with Gasteiger partial charge in [0.2, 0.25) is 0 Å². The van der Waals surface area contributed by atoms with Crippen LogP contribution in [0.4, 0.5) is 26.4 Å². The molecular formula is C19H17FN6O2. The van der Waals surface area contributed by atoms with Crippen LogP contribution >= 0.6 is 0 Å². The number of carbonyl (C=O) groups is 2. The number of allylic oxidation sites excluding steroid dienone is 1. The average molecular weight is 380 g/mol. The lowest BCUT2D eigenvalue weighted by molar-refractivity contribution is -0.113. The maximum atomic E-state index is 13.2. The van der Waals surface area contributed by atoms with Crippen molar-refractivity contribution in [2.75, 3.05) is 22.5 Å². The van der Waals surface area contributed by atoms with E-state index in [4.69, 9.17) is 5.73 Å². The summed E-state index contributed by atoms with van der Waals surface area (Å²) in [5.41, 5.74) is 8.45. The van der Waals surface area contributed by atoms with Crippen molar-refractivity contribution in [2.45, 2.75) is 6.92 Å². The van der Waals surface area contributed by atoms with Crippen molar-refractivity contribution in [1.82, 2.24) is 15.5 Å². The molecule has 28 heavy (non-hydrogen) atoms. The summed E-state index contributed by atoms with van der Waals surface area (Å²) in [5.74, 6) is -0.422. The monoisotopic (exact) mass is 380 g/mol. The number of nitrogens with zero attached hydrogens (tertiary/aromatic N) is 2. The largest absolute Gasteiger partial charge is 0.382 e. The molecule has 0 bridgehead atoms. The van der Waals surface area contributed by atoms with E-state index >= 15 is 0 Å². The molecule has 3 aromatic rings. The molecule has 1 aromatic heterocycles. The second-order valence-corrected chi connectivity index (χ2v) is 6.36. The van der Waals surface area contributed by atoms with Gasteiger partial charge in [-0.15, -0.1) is 0 Å². The molecule has 9 heteroatoms. The number of nitrogens with one attached hydrogen (secondary N) is 3. The van der Waals surface area contributed by atoms with E-state index in [0.717, 1.165) is 5.52 Å². The number of anilines is 3. The first kappa shape index (κ1) is 17.5. The van der Waals surface area contributed by atoms with Crippen LogP contribution < -0.4 is 21.3 Å². The van der Waals surface area contributed by atoms with Crippen LogP contribution in [0.3, 0.4) is 0 Å². The molecule has 0 radical (unpaired) electrons. The van der Waals surface area contributed by atoms with Gasteiger partial charge in [-0.1, -0.05) is 0 Å². The number of H-pyrrole nitrogens is 1. The van der Waals surface area contributed by atoms with Crippen LogP contribution in [-0.4, -0.2) is 28.7 Å². The molecule has 5 N–H and O–H groups in total. The number of urea groups is 1. The minimum absolute atomic E-state index is 0.0876. The Kier molecular flexibility index (Phi) is 4.19. The molecule has 0 unspecified atom stereocenters. The van der Waals surface area contributed by atoms with Gasteiger partial charge >= 0.3 is 6.03 Å². The number of benzene rings is 2. The Balaban J connectivity index is 1.63. The van der Waals surface area contributed by atoms with E-state index < -0.39 is 5.82 Å². The van der Waals surface area contributed by atoms with E-state index in [0.29, 0.717) is 33.8 Å². The number of carbonyl (C=O) groups excluding carboxylic acids is 2. The maximum absolute atomic E-state index is 13.2. The zero-order valence-corrected chi connectivity index (χ0v) is 14.9. The van der Waals surface area contributed by atoms with Crippen LogP contribution in [0.5, 0.6) is 0 Å². The van der Waals surface area contributed by atoms with E-state index in [1.807, 2.05) is 0 Å². The third kappa shape index (κ3) is 3.02. The summed E-state index contributed by atoms with van der Waals surface area (Å²) in [7, 11) is 0. The van der Waals surface area contributed by atoms with Gasteiger partial charge in [0.05, 0.1) is 23.3 Å². The lowest BCUT2D eigenvalue weighted by Crippen LogP contribution is -2.47. The number of nitrogen functional groups attached to an aromatic ring is 1. The molecule has 4 rings (SSSR count). The highest BCUT2D eigenvalue weighted by Crippen LogP contribution is 2.26. The van der Waals surface area contributed by atoms with Crippen molar-refractivity contribution in [3.63, 3.8) is 0 Å². The summed E-state index contributed by atoms with van der Waals surface area (Å²) < 4.78 is 13.2. The Morgan fingerprint density at radius 3 is 2.75 bits per heavy atom. The van der Waals surface area contributed by atoms with Gasteiger partial charge in [0, 0.05) is 16.8 Å². The molecule has 8 nitrogen and oxygen atoms in total. The van der Waals surface area contributed by atoms with Crippen LogP contribution in [0.1, 0.15) is 6.92 Å². The highest BCUT2D eigenvalue weighted by Gasteiger charge is 2.28. The van der Waals surface area contributed by atoms with Gasteiger partial charge in [-0.2, -0.15) is 5.10 Å². The Morgan fingerprint density at radius 1 is 1.25 bits per heavy atom. The molecule has 1 aliphatic heterocycles. The Labute approximate surface area is 159 Å². The van der Waals surface area contributed by atoms with Gasteiger partial charge in [0.15, 0.2) is 5.82 Å². The predicted molar refractivity (Wildman–Crippen MR) is 104 cm³/mol. The molecule has 0 saturated heterocycles. The number of amides is 3. The van der Waals surface area contributed by atoms with Crippen molar-refractivity contribution < 1.29 is 14.0 Å². The number of fused-ring (bicyclic) bond motifs is 1. The van der Waals surface area contributed by atoms with Crippen molar-refractivity contribution in [2.24, 2.45) is 0 Å². The van der Waals surface area contributed by atoms with Gasteiger partial charge in [0.25, 0.3) is 5.91 Å². The summed E-state index contributed by atoms with van der Waals surface area (Å²) in [6, 6.07) is 10.3. The van der Waals surface area contributed by atoms with Gasteiger partial charge in [-0.3, -0.25) is 14.8 Å². The summed E-state index contributed by atoms with van der Waals surface area (Å²) in [5, 5.41) is 12.9. The van der Waals surface area contributed by atoms with Crippen LogP contribution in [0, 0.1) is 5.82 Å². The Morgan fingerprint density at radius 2 is 2.00 bits per heavy atom. The van der Waals surface area contributed by atoms with Crippen LogP contribution in [0.15, 0.2) is 53.7 Å².